The molecule has 1 aliphatic heterocycles. The molecule has 0 N–H and O–H groups in total. The molecule has 0 aliphatic carbocycles. The summed E-state index contributed by atoms with van der Waals surface area (Å²) in [6, 6.07) is 0. The Morgan fingerprint density at radius 3 is 3.10 bits per heavy atom. The number of allylic oxidation sites excluding steroid dienone is 1. The molecule has 0 unspecified atom stereocenters. The Kier molecular flexibility index (Phi) is 2.31. The maximum atomic E-state index is 10.7. The summed E-state index contributed by atoms with van der Waals surface area (Å²) in [4.78, 5) is 12.4. The van der Waals surface area contributed by atoms with Gasteiger partial charge in [-0.2, -0.15) is 0 Å². The molecule has 0 aromatic carbocycles. The highest BCUT2D eigenvalue weighted by atomic mass is 16.6. The van der Waals surface area contributed by atoms with E-state index in [4.69, 9.17) is 4.74 Å². The van der Waals surface area contributed by atoms with Crippen LogP contribution >= 0.6 is 0 Å². The fourth-order valence-electron chi connectivity index (χ4n) is 0.824. The highest BCUT2D eigenvalue weighted by Gasteiger charge is 2.19. The van der Waals surface area contributed by atoms with Crippen LogP contribution in [0.4, 0.5) is 4.79 Å². The van der Waals surface area contributed by atoms with Crippen LogP contribution < -0.4 is 0 Å². The number of ether oxygens (including phenoxy) is 1. The molecule has 10 heavy (non-hydrogen) atoms. The third-order valence-electron chi connectivity index (χ3n) is 1.41. The quantitative estimate of drug-likeness (QED) is 0.537. The maximum Gasteiger partial charge on any atom is 0.410 e. The smallest absolute Gasteiger partial charge is 0.410 e. The number of rotatable bonds is 2. The van der Waals surface area contributed by atoms with Crippen LogP contribution in [-0.4, -0.2) is 30.7 Å². The summed E-state index contributed by atoms with van der Waals surface area (Å²) in [5, 5.41) is 0. The lowest BCUT2D eigenvalue weighted by Crippen LogP contribution is -2.23. The van der Waals surface area contributed by atoms with Gasteiger partial charge in [0.1, 0.15) is 6.61 Å². The van der Waals surface area contributed by atoms with E-state index in [0.717, 1.165) is 6.54 Å². The summed E-state index contributed by atoms with van der Waals surface area (Å²) in [6.07, 6.45) is 3.66. The van der Waals surface area contributed by atoms with Crippen molar-refractivity contribution in [2.24, 2.45) is 0 Å². The van der Waals surface area contributed by atoms with Gasteiger partial charge in [-0.25, -0.2) is 4.79 Å². The molecule has 0 aromatic heterocycles. The molecule has 0 saturated carbocycles. The lowest BCUT2D eigenvalue weighted by Gasteiger charge is -2.07. The van der Waals surface area contributed by atoms with Gasteiger partial charge in [0.25, 0.3) is 0 Å². The topological polar surface area (TPSA) is 29.5 Å². The maximum absolute atomic E-state index is 10.7. The molecule has 0 bridgehead atoms. The first-order valence-electron chi connectivity index (χ1n) is 3.37. The Balaban J connectivity index is 2.33. The van der Waals surface area contributed by atoms with Crippen molar-refractivity contribution in [1.82, 2.24) is 4.90 Å². The van der Waals surface area contributed by atoms with Crippen LogP contribution in [0.1, 0.15) is 6.92 Å². The molecule has 1 fully saturated rings. The fourth-order valence-corrected chi connectivity index (χ4v) is 0.824. The van der Waals surface area contributed by atoms with Gasteiger partial charge in [-0.3, -0.25) is 0 Å². The highest BCUT2D eigenvalue weighted by Crippen LogP contribution is 2.01. The van der Waals surface area contributed by atoms with E-state index in [1.807, 2.05) is 19.1 Å². The number of amides is 1. The standard InChI is InChI=1S/C7H11NO2/c1-2-3-4-8-5-6-10-7(8)9/h2-3H,4-6H2,1H3. The molecular formula is C7H11NO2. The van der Waals surface area contributed by atoms with Crippen LogP contribution in [0.15, 0.2) is 12.2 Å². The van der Waals surface area contributed by atoms with Gasteiger partial charge in [0.2, 0.25) is 0 Å². The molecule has 1 rings (SSSR count). The first-order valence-corrected chi connectivity index (χ1v) is 3.37. The van der Waals surface area contributed by atoms with Crippen molar-refractivity contribution in [1.29, 1.82) is 0 Å². The third kappa shape index (κ3) is 1.50. The number of nitrogens with zero attached hydrogens (tertiary/aromatic N) is 1. The molecule has 1 amide bonds. The average molecular weight is 141 g/mol. The second kappa shape index (κ2) is 3.25. The SMILES string of the molecule is CC=CCN1CCOC1=O. The van der Waals surface area contributed by atoms with Crippen LogP contribution in [0, 0.1) is 0 Å². The summed E-state index contributed by atoms with van der Waals surface area (Å²) in [5.74, 6) is 0. The van der Waals surface area contributed by atoms with Gasteiger partial charge in [0, 0.05) is 6.54 Å². The van der Waals surface area contributed by atoms with Crippen molar-refractivity contribution in [3.8, 4) is 0 Å². The molecule has 1 heterocycles. The van der Waals surface area contributed by atoms with Crippen LogP contribution in [0.2, 0.25) is 0 Å². The lowest BCUT2D eigenvalue weighted by atomic mass is 10.5. The van der Waals surface area contributed by atoms with Crippen LogP contribution in [0.25, 0.3) is 0 Å². The number of hydrogen-bond acceptors (Lipinski definition) is 2. The predicted molar refractivity (Wildman–Crippen MR) is 37.7 cm³/mol. The van der Waals surface area contributed by atoms with Crippen molar-refractivity contribution < 1.29 is 9.53 Å². The Morgan fingerprint density at radius 1 is 1.80 bits per heavy atom. The second-order valence-corrected chi connectivity index (χ2v) is 2.13. The van der Waals surface area contributed by atoms with Crippen molar-refractivity contribution >= 4 is 6.09 Å². The second-order valence-electron chi connectivity index (χ2n) is 2.13. The zero-order valence-electron chi connectivity index (χ0n) is 6.04. The van der Waals surface area contributed by atoms with Gasteiger partial charge < -0.3 is 9.64 Å². The molecule has 56 valence electrons. The highest BCUT2D eigenvalue weighted by molar-refractivity contribution is 5.69. The van der Waals surface area contributed by atoms with E-state index in [0.29, 0.717) is 13.2 Å². The van der Waals surface area contributed by atoms with Crippen molar-refractivity contribution in [2.75, 3.05) is 19.7 Å². The third-order valence-corrected chi connectivity index (χ3v) is 1.41. The average Bonchev–Trinajstić information content (AvgIpc) is 2.31. The van der Waals surface area contributed by atoms with E-state index in [1.54, 1.807) is 4.90 Å². The summed E-state index contributed by atoms with van der Waals surface area (Å²) in [6.45, 7) is 3.87. The molecule has 0 radical (unpaired) electrons. The van der Waals surface area contributed by atoms with E-state index in [9.17, 15) is 4.79 Å². The molecule has 0 aromatic rings. The largest absolute Gasteiger partial charge is 0.448 e. The summed E-state index contributed by atoms with van der Waals surface area (Å²) in [5.41, 5.74) is 0. The summed E-state index contributed by atoms with van der Waals surface area (Å²) < 4.78 is 4.72. The first kappa shape index (κ1) is 7.12. The van der Waals surface area contributed by atoms with Crippen molar-refractivity contribution in [3.63, 3.8) is 0 Å². The lowest BCUT2D eigenvalue weighted by molar-refractivity contribution is 0.161. The van der Waals surface area contributed by atoms with E-state index in [1.165, 1.54) is 0 Å². The Hall–Kier alpha value is -0.990. The van der Waals surface area contributed by atoms with Gasteiger partial charge in [0.15, 0.2) is 0 Å². The Bertz CT molecular complexity index is 154. The summed E-state index contributed by atoms with van der Waals surface area (Å²) >= 11 is 0. The van der Waals surface area contributed by atoms with E-state index >= 15 is 0 Å². The minimum Gasteiger partial charge on any atom is -0.448 e. The zero-order valence-corrected chi connectivity index (χ0v) is 6.04. The van der Waals surface area contributed by atoms with Gasteiger partial charge in [-0.15, -0.1) is 0 Å². The van der Waals surface area contributed by atoms with Gasteiger partial charge in [0.05, 0.1) is 6.54 Å². The van der Waals surface area contributed by atoms with Crippen LogP contribution in [-0.2, 0) is 4.74 Å². The van der Waals surface area contributed by atoms with E-state index in [2.05, 4.69) is 0 Å². The zero-order chi connectivity index (χ0) is 7.40. The Labute approximate surface area is 60.3 Å². The van der Waals surface area contributed by atoms with Gasteiger partial charge in [-0.05, 0) is 6.92 Å². The number of carbonyl (C=O) groups excluding carboxylic acids is 1. The molecule has 1 saturated heterocycles. The number of hydrogen-bond donors (Lipinski definition) is 0. The first-order chi connectivity index (χ1) is 4.84. The van der Waals surface area contributed by atoms with Crippen LogP contribution in [0.5, 0.6) is 0 Å². The van der Waals surface area contributed by atoms with Crippen molar-refractivity contribution in [3.05, 3.63) is 12.2 Å². The normalized spacial score (nSPS) is 18.5. The van der Waals surface area contributed by atoms with Gasteiger partial charge >= 0.3 is 6.09 Å². The molecule has 0 atom stereocenters. The number of cyclic esters (lactones) is 1. The fraction of sp³-hybridized carbons (Fsp3) is 0.571. The monoisotopic (exact) mass is 141 g/mol. The van der Waals surface area contributed by atoms with Crippen LogP contribution in [0.3, 0.4) is 0 Å². The molecule has 3 heteroatoms. The predicted octanol–water partition coefficient (Wildman–Crippen LogP) is 1.01. The molecule has 1 aliphatic rings. The molecule has 3 nitrogen and oxygen atoms in total. The minimum atomic E-state index is -0.196. The molecule has 0 spiro atoms. The number of carbonyl (C=O) groups is 1. The van der Waals surface area contributed by atoms with Gasteiger partial charge in [-0.1, -0.05) is 12.2 Å². The van der Waals surface area contributed by atoms with E-state index in [-0.39, 0.29) is 6.09 Å². The minimum absolute atomic E-state index is 0.196. The molecular weight excluding hydrogens is 130 g/mol. The Morgan fingerprint density at radius 2 is 2.60 bits per heavy atom. The van der Waals surface area contributed by atoms with Crippen molar-refractivity contribution in [2.45, 2.75) is 6.92 Å². The van der Waals surface area contributed by atoms with E-state index < -0.39 is 0 Å². The summed E-state index contributed by atoms with van der Waals surface area (Å²) in [7, 11) is 0.